The fourth-order valence-corrected chi connectivity index (χ4v) is 4.03. The number of nitrogen functional groups attached to an aromatic ring is 1. The third-order valence-electron chi connectivity index (χ3n) is 5.40. The molecule has 1 aliphatic rings. The van der Waals surface area contributed by atoms with Gasteiger partial charge in [0.25, 0.3) is 5.91 Å². The standard InChI is InChI=1S/C22H16ClFN6O/c23-16-8-19-12(7-17(16)24)3-4-30(19)22-14-5-11(1-2-18(14)28-10-29-22)13-6-15(21(26)31)20(25)27-9-13/h1-2,5-10H,3-4H2,(H2,25,27)(H2,26,31). The van der Waals surface area contributed by atoms with E-state index < -0.39 is 11.7 Å². The zero-order valence-corrected chi connectivity index (χ0v) is 16.9. The van der Waals surface area contributed by atoms with Crippen molar-refractivity contribution in [1.82, 2.24) is 15.0 Å². The van der Waals surface area contributed by atoms with Crippen molar-refractivity contribution in [3.63, 3.8) is 0 Å². The average Bonchev–Trinajstić information content (AvgIpc) is 3.15. The molecule has 1 aliphatic heterocycles. The number of nitrogens with two attached hydrogens (primary N) is 2. The number of anilines is 3. The molecule has 154 valence electrons. The molecule has 0 saturated carbocycles. The summed E-state index contributed by atoms with van der Waals surface area (Å²) in [6.07, 6.45) is 3.76. The maximum absolute atomic E-state index is 13.9. The van der Waals surface area contributed by atoms with Crippen LogP contribution in [-0.4, -0.2) is 27.4 Å². The highest BCUT2D eigenvalue weighted by Crippen LogP contribution is 2.39. The number of hydrogen-bond donors (Lipinski definition) is 2. The summed E-state index contributed by atoms with van der Waals surface area (Å²) in [7, 11) is 0. The van der Waals surface area contributed by atoms with Crippen LogP contribution in [0.15, 0.2) is 48.9 Å². The lowest BCUT2D eigenvalue weighted by atomic mass is 10.0. The highest BCUT2D eigenvalue weighted by molar-refractivity contribution is 6.31. The Hall–Kier alpha value is -3.78. The highest BCUT2D eigenvalue weighted by atomic mass is 35.5. The summed E-state index contributed by atoms with van der Waals surface area (Å²) in [5.74, 6) is -0.307. The molecule has 3 heterocycles. The Morgan fingerprint density at radius 2 is 1.94 bits per heavy atom. The van der Waals surface area contributed by atoms with Gasteiger partial charge >= 0.3 is 0 Å². The number of rotatable bonds is 3. The van der Waals surface area contributed by atoms with E-state index in [2.05, 4.69) is 15.0 Å². The number of primary amides is 1. The molecule has 7 nitrogen and oxygen atoms in total. The van der Waals surface area contributed by atoms with Gasteiger partial charge in [-0.25, -0.2) is 19.3 Å². The van der Waals surface area contributed by atoms with Crippen LogP contribution >= 0.6 is 11.6 Å². The minimum atomic E-state index is -0.644. The molecule has 0 aliphatic carbocycles. The zero-order chi connectivity index (χ0) is 21.7. The number of nitrogens with zero attached hydrogens (tertiary/aromatic N) is 4. The van der Waals surface area contributed by atoms with Crippen molar-refractivity contribution in [2.75, 3.05) is 17.2 Å². The summed E-state index contributed by atoms with van der Waals surface area (Å²) in [5, 5.41) is 0.863. The second-order valence-corrected chi connectivity index (χ2v) is 7.65. The van der Waals surface area contributed by atoms with Gasteiger partial charge in [-0.2, -0.15) is 0 Å². The number of carbonyl (C=O) groups excluding carboxylic acids is 1. The molecule has 0 bridgehead atoms. The smallest absolute Gasteiger partial charge is 0.252 e. The molecule has 0 unspecified atom stereocenters. The largest absolute Gasteiger partial charge is 0.383 e. The van der Waals surface area contributed by atoms with Crippen LogP contribution in [0.25, 0.3) is 22.0 Å². The Labute approximate surface area is 181 Å². The van der Waals surface area contributed by atoms with E-state index in [0.29, 0.717) is 24.3 Å². The lowest BCUT2D eigenvalue weighted by molar-refractivity contribution is 0.100. The van der Waals surface area contributed by atoms with Crippen molar-refractivity contribution in [2.45, 2.75) is 6.42 Å². The molecule has 4 aromatic rings. The van der Waals surface area contributed by atoms with E-state index in [1.54, 1.807) is 18.3 Å². The molecule has 9 heteroatoms. The third-order valence-corrected chi connectivity index (χ3v) is 5.69. The second kappa shape index (κ2) is 7.17. The van der Waals surface area contributed by atoms with Gasteiger partial charge in [-0.15, -0.1) is 0 Å². The van der Waals surface area contributed by atoms with Gasteiger partial charge in [-0.1, -0.05) is 17.7 Å². The van der Waals surface area contributed by atoms with Crippen molar-refractivity contribution in [2.24, 2.45) is 5.73 Å². The number of pyridine rings is 1. The first-order valence-corrected chi connectivity index (χ1v) is 9.86. The van der Waals surface area contributed by atoms with E-state index in [0.717, 1.165) is 27.7 Å². The Kier molecular flexibility index (Phi) is 4.44. The molecule has 0 spiro atoms. The first-order valence-electron chi connectivity index (χ1n) is 9.48. The number of benzene rings is 2. The third kappa shape index (κ3) is 3.21. The number of amides is 1. The molecule has 0 radical (unpaired) electrons. The highest BCUT2D eigenvalue weighted by Gasteiger charge is 2.25. The van der Waals surface area contributed by atoms with Crippen molar-refractivity contribution >= 4 is 45.7 Å². The predicted molar refractivity (Wildman–Crippen MR) is 118 cm³/mol. The lowest BCUT2D eigenvalue weighted by Crippen LogP contribution is -2.15. The maximum atomic E-state index is 13.9. The van der Waals surface area contributed by atoms with Gasteiger partial charge in [0.05, 0.1) is 16.1 Å². The topological polar surface area (TPSA) is 111 Å². The van der Waals surface area contributed by atoms with Crippen molar-refractivity contribution in [3.8, 4) is 11.1 Å². The van der Waals surface area contributed by atoms with Crippen molar-refractivity contribution in [1.29, 1.82) is 0 Å². The number of hydrogen-bond acceptors (Lipinski definition) is 6. The number of halogens is 2. The van der Waals surface area contributed by atoms with Crippen LogP contribution < -0.4 is 16.4 Å². The normalized spacial score (nSPS) is 12.9. The Morgan fingerprint density at radius 3 is 2.74 bits per heavy atom. The molecular weight excluding hydrogens is 419 g/mol. The minimum Gasteiger partial charge on any atom is -0.383 e. The first-order chi connectivity index (χ1) is 14.9. The van der Waals surface area contributed by atoms with E-state index in [9.17, 15) is 9.18 Å². The monoisotopic (exact) mass is 434 g/mol. The average molecular weight is 435 g/mol. The lowest BCUT2D eigenvalue weighted by Gasteiger charge is -2.20. The molecule has 1 amide bonds. The summed E-state index contributed by atoms with van der Waals surface area (Å²) in [5.41, 5.74) is 15.2. The summed E-state index contributed by atoms with van der Waals surface area (Å²) in [6.45, 7) is 0.640. The van der Waals surface area contributed by atoms with Crippen LogP contribution in [0.5, 0.6) is 0 Å². The number of aromatic nitrogens is 3. The summed E-state index contributed by atoms with van der Waals surface area (Å²) >= 11 is 6.03. The van der Waals surface area contributed by atoms with Gasteiger partial charge in [0, 0.05) is 29.4 Å². The van der Waals surface area contributed by atoms with Gasteiger partial charge in [0.15, 0.2) is 0 Å². The maximum Gasteiger partial charge on any atom is 0.252 e. The van der Waals surface area contributed by atoms with Gasteiger partial charge < -0.3 is 16.4 Å². The van der Waals surface area contributed by atoms with Crippen LogP contribution in [-0.2, 0) is 6.42 Å². The van der Waals surface area contributed by atoms with Crippen LogP contribution in [0.4, 0.5) is 21.7 Å². The molecule has 5 rings (SSSR count). The summed E-state index contributed by atoms with van der Waals surface area (Å²) in [4.78, 5) is 26.6. The Balaban J connectivity index is 1.65. The Morgan fingerprint density at radius 1 is 1.10 bits per heavy atom. The molecule has 0 atom stereocenters. The number of fused-ring (bicyclic) bond motifs is 2. The van der Waals surface area contributed by atoms with Crippen LogP contribution in [0, 0.1) is 5.82 Å². The predicted octanol–water partition coefficient (Wildman–Crippen LogP) is 3.86. The van der Waals surface area contributed by atoms with Crippen LogP contribution in [0.2, 0.25) is 5.02 Å². The second-order valence-electron chi connectivity index (χ2n) is 7.25. The molecule has 2 aromatic heterocycles. The zero-order valence-electron chi connectivity index (χ0n) is 16.1. The van der Waals surface area contributed by atoms with Crippen molar-refractivity contribution in [3.05, 3.63) is 70.9 Å². The molecule has 2 aromatic carbocycles. The number of carbonyl (C=O) groups is 1. The van der Waals surface area contributed by atoms with Gasteiger partial charge in [0.2, 0.25) is 0 Å². The molecule has 0 saturated heterocycles. The van der Waals surface area contributed by atoms with E-state index in [4.69, 9.17) is 23.1 Å². The Bertz CT molecular complexity index is 1380. The van der Waals surface area contributed by atoms with Gasteiger partial charge in [-0.3, -0.25) is 4.79 Å². The fraction of sp³-hybridized carbons (Fsp3) is 0.0909. The van der Waals surface area contributed by atoms with E-state index >= 15 is 0 Å². The first kappa shape index (κ1) is 19.2. The quantitative estimate of drug-likeness (QED) is 0.506. The minimum absolute atomic E-state index is 0.0663. The molecule has 31 heavy (non-hydrogen) atoms. The van der Waals surface area contributed by atoms with E-state index in [1.165, 1.54) is 12.4 Å². The van der Waals surface area contributed by atoms with E-state index in [-0.39, 0.29) is 16.4 Å². The SMILES string of the molecule is NC(=O)c1cc(-c2ccc3ncnc(N4CCc5cc(F)c(Cl)cc54)c3c2)cnc1N. The molecule has 4 N–H and O–H groups in total. The van der Waals surface area contributed by atoms with E-state index in [1.807, 2.05) is 23.1 Å². The summed E-state index contributed by atoms with van der Waals surface area (Å²) in [6, 6.07) is 10.4. The molecular formula is C22H16ClFN6O. The van der Waals surface area contributed by atoms with Crippen LogP contribution in [0.1, 0.15) is 15.9 Å². The van der Waals surface area contributed by atoms with Gasteiger partial charge in [-0.05, 0) is 47.9 Å². The fourth-order valence-electron chi connectivity index (χ4n) is 3.87. The van der Waals surface area contributed by atoms with Gasteiger partial charge in [0.1, 0.15) is 23.8 Å². The molecule has 0 fully saturated rings. The van der Waals surface area contributed by atoms with Crippen LogP contribution in [0.3, 0.4) is 0 Å². The summed E-state index contributed by atoms with van der Waals surface area (Å²) < 4.78 is 13.9. The van der Waals surface area contributed by atoms with Crippen molar-refractivity contribution < 1.29 is 9.18 Å².